The lowest BCUT2D eigenvalue weighted by molar-refractivity contribution is 0.0600. The maximum Gasteiger partial charge on any atom is 0.340 e. The maximum absolute atomic E-state index is 13.2. The molecule has 0 aliphatic heterocycles. The van der Waals surface area contributed by atoms with E-state index in [0.29, 0.717) is 11.5 Å². The molecule has 0 saturated carbocycles. The zero-order valence-corrected chi connectivity index (χ0v) is 10.2. The van der Waals surface area contributed by atoms with Gasteiger partial charge in [-0.2, -0.15) is 0 Å². The van der Waals surface area contributed by atoms with E-state index in [1.807, 2.05) is 0 Å². The van der Waals surface area contributed by atoms with Gasteiger partial charge >= 0.3 is 5.97 Å². The standard InChI is InChI=1S/C11H9ClFN3O2/c1-18-11(17)8-4-7(13)2-3-9(8)16-6-14-15-10(16)5-12/h2-4,6H,5H2,1H3. The van der Waals surface area contributed by atoms with Crippen molar-refractivity contribution in [3.8, 4) is 5.69 Å². The number of halogens is 2. The van der Waals surface area contributed by atoms with Crippen LogP contribution in [0.25, 0.3) is 5.69 Å². The Hall–Kier alpha value is -1.95. The van der Waals surface area contributed by atoms with Crippen LogP contribution in [0.1, 0.15) is 16.2 Å². The van der Waals surface area contributed by atoms with Crippen molar-refractivity contribution in [3.63, 3.8) is 0 Å². The van der Waals surface area contributed by atoms with Crippen LogP contribution < -0.4 is 0 Å². The molecule has 0 atom stereocenters. The third kappa shape index (κ3) is 2.19. The predicted molar refractivity (Wildman–Crippen MR) is 62.2 cm³/mol. The van der Waals surface area contributed by atoms with Gasteiger partial charge in [0, 0.05) is 0 Å². The highest BCUT2D eigenvalue weighted by molar-refractivity contribution is 6.16. The third-order valence-corrected chi connectivity index (χ3v) is 2.60. The summed E-state index contributed by atoms with van der Waals surface area (Å²) in [4.78, 5) is 11.6. The molecule has 94 valence electrons. The van der Waals surface area contributed by atoms with Gasteiger partial charge in [-0.05, 0) is 18.2 Å². The molecule has 0 spiro atoms. The fraction of sp³-hybridized carbons (Fsp3) is 0.182. The Labute approximate surface area is 107 Å². The van der Waals surface area contributed by atoms with Gasteiger partial charge in [-0.1, -0.05) is 0 Å². The van der Waals surface area contributed by atoms with Crippen LogP contribution in [0.2, 0.25) is 0 Å². The van der Waals surface area contributed by atoms with Crippen LogP contribution in [-0.2, 0) is 10.6 Å². The van der Waals surface area contributed by atoms with E-state index in [1.54, 1.807) is 0 Å². The number of carbonyl (C=O) groups is 1. The number of benzene rings is 1. The average molecular weight is 270 g/mol. The lowest BCUT2D eigenvalue weighted by Gasteiger charge is -2.09. The van der Waals surface area contributed by atoms with Crippen molar-refractivity contribution in [2.24, 2.45) is 0 Å². The maximum atomic E-state index is 13.2. The fourth-order valence-electron chi connectivity index (χ4n) is 1.54. The third-order valence-electron chi connectivity index (χ3n) is 2.36. The molecule has 2 rings (SSSR count). The van der Waals surface area contributed by atoms with Crippen molar-refractivity contribution in [2.45, 2.75) is 5.88 Å². The van der Waals surface area contributed by atoms with Gasteiger partial charge < -0.3 is 4.74 Å². The van der Waals surface area contributed by atoms with Crippen LogP contribution in [0.15, 0.2) is 24.5 Å². The van der Waals surface area contributed by atoms with E-state index in [4.69, 9.17) is 11.6 Å². The number of aromatic nitrogens is 3. The molecule has 7 heteroatoms. The summed E-state index contributed by atoms with van der Waals surface area (Å²) in [7, 11) is 1.23. The monoisotopic (exact) mass is 269 g/mol. The number of alkyl halides is 1. The van der Waals surface area contributed by atoms with Crippen molar-refractivity contribution in [3.05, 3.63) is 41.7 Å². The van der Waals surface area contributed by atoms with E-state index in [-0.39, 0.29) is 11.4 Å². The molecular weight excluding hydrogens is 261 g/mol. The predicted octanol–water partition coefficient (Wildman–Crippen LogP) is 1.93. The molecule has 0 aliphatic rings. The second-order valence-corrected chi connectivity index (χ2v) is 3.67. The Balaban J connectivity index is 2.60. The van der Waals surface area contributed by atoms with E-state index in [2.05, 4.69) is 14.9 Å². The minimum absolute atomic E-state index is 0.0867. The van der Waals surface area contributed by atoms with Crippen LogP contribution in [0.3, 0.4) is 0 Å². The fourth-order valence-corrected chi connectivity index (χ4v) is 1.73. The summed E-state index contributed by atoms with van der Waals surface area (Å²) in [6, 6.07) is 3.78. The molecule has 0 aliphatic carbocycles. The highest BCUT2D eigenvalue weighted by Crippen LogP contribution is 2.19. The second-order valence-electron chi connectivity index (χ2n) is 3.40. The van der Waals surface area contributed by atoms with Crippen molar-refractivity contribution in [2.75, 3.05) is 7.11 Å². The van der Waals surface area contributed by atoms with Gasteiger partial charge in [-0.3, -0.25) is 4.57 Å². The molecule has 0 bridgehead atoms. The molecule has 0 unspecified atom stereocenters. The summed E-state index contributed by atoms with van der Waals surface area (Å²) in [5.74, 6) is -0.593. The second kappa shape index (κ2) is 5.14. The van der Waals surface area contributed by atoms with Crippen LogP contribution in [-0.4, -0.2) is 27.8 Å². The lowest BCUT2D eigenvalue weighted by Crippen LogP contribution is -2.09. The molecule has 2 aromatic rings. The number of carbonyl (C=O) groups excluding carboxylic acids is 1. The molecule has 18 heavy (non-hydrogen) atoms. The molecule has 0 saturated heterocycles. The van der Waals surface area contributed by atoms with Gasteiger partial charge in [0.05, 0.1) is 24.2 Å². The molecule has 0 radical (unpaired) electrons. The van der Waals surface area contributed by atoms with E-state index >= 15 is 0 Å². The van der Waals surface area contributed by atoms with Gasteiger partial charge in [0.2, 0.25) is 0 Å². The topological polar surface area (TPSA) is 57.0 Å². The van der Waals surface area contributed by atoms with Crippen molar-refractivity contribution < 1.29 is 13.9 Å². The van der Waals surface area contributed by atoms with Gasteiger partial charge in [-0.15, -0.1) is 21.8 Å². The van der Waals surface area contributed by atoms with E-state index in [9.17, 15) is 9.18 Å². The number of methoxy groups -OCH3 is 1. The Morgan fingerprint density at radius 2 is 2.33 bits per heavy atom. The lowest BCUT2D eigenvalue weighted by atomic mass is 10.1. The summed E-state index contributed by atoms with van der Waals surface area (Å²) in [6.07, 6.45) is 1.40. The summed E-state index contributed by atoms with van der Waals surface area (Å²) in [5, 5.41) is 7.50. The van der Waals surface area contributed by atoms with Crippen molar-refractivity contribution >= 4 is 17.6 Å². The summed E-state index contributed by atoms with van der Waals surface area (Å²) >= 11 is 5.71. The Bertz CT molecular complexity index is 585. The molecule has 0 N–H and O–H groups in total. The van der Waals surface area contributed by atoms with Crippen molar-refractivity contribution in [1.29, 1.82) is 0 Å². The molecule has 0 fully saturated rings. The van der Waals surface area contributed by atoms with E-state index in [1.165, 1.54) is 30.1 Å². The number of ether oxygens (including phenoxy) is 1. The van der Waals surface area contributed by atoms with Gasteiger partial charge in [0.25, 0.3) is 0 Å². The first-order chi connectivity index (χ1) is 8.67. The van der Waals surface area contributed by atoms with Gasteiger partial charge in [0.15, 0.2) is 5.82 Å². The summed E-state index contributed by atoms with van der Waals surface area (Å²) in [6.45, 7) is 0. The first-order valence-electron chi connectivity index (χ1n) is 5.00. The minimum Gasteiger partial charge on any atom is -0.465 e. The molecule has 1 aromatic carbocycles. The summed E-state index contributed by atoms with van der Waals surface area (Å²) in [5.41, 5.74) is 0.507. The van der Waals surface area contributed by atoms with Gasteiger partial charge in [0.1, 0.15) is 12.1 Å². The smallest absolute Gasteiger partial charge is 0.340 e. The van der Waals surface area contributed by atoms with E-state index in [0.717, 1.165) is 6.07 Å². The first kappa shape index (κ1) is 12.5. The minimum atomic E-state index is -0.640. The molecule has 1 heterocycles. The SMILES string of the molecule is COC(=O)c1cc(F)ccc1-n1cnnc1CCl. The largest absolute Gasteiger partial charge is 0.465 e. The van der Waals surface area contributed by atoms with Crippen LogP contribution in [0.4, 0.5) is 4.39 Å². The zero-order valence-electron chi connectivity index (χ0n) is 9.43. The van der Waals surface area contributed by atoms with Crippen LogP contribution in [0, 0.1) is 5.82 Å². The molecule has 1 aromatic heterocycles. The Morgan fingerprint density at radius 1 is 1.56 bits per heavy atom. The number of hydrogen-bond acceptors (Lipinski definition) is 4. The summed E-state index contributed by atoms with van der Waals surface area (Å²) < 4.78 is 19.3. The number of nitrogens with zero attached hydrogens (tertiary/aromatic N) is 3. The Morgan fingerprint density at radius 3 is 3.00 bits per heavy atom. The molecular formula is C11H9ClFN3O2. The first-order valence-corrected chi connectivity index (χ1v) is 5.54. The zero-order chi connectivity index (χ0) is 13.1. The number of hydrogen-bond donors (Lipinski definition) is 0. The molecule has 5 nitrogen and oxygen atoms in total. The van der Waals surface area contributed by atoms with Gasteiger partial charge in [-0.25, -0.2) is 9.18 Å². The number of esters is 1. The van der Waals surface area contributed by atoms with Crippen molar-refractivity contribution in [1.82, 2.24) is 14.8 Å². The van der Waals surface area contributed by atoms with Crippen LogP contribution >= 0.6 is 11.6 Å². The van der Waals surface area contributed by atoms with Crippen LogP contribution in [0.5, 0.6) is 0 Å². The average Bonchev–Trinajstić information content (AvgIpc) is 2.85. The van der Waals surface area contributed by atoms with E-state index < -0.39 is 11.8 Å². The number of rotatable bonds is 3. The molecule has 0 amide bonds. The quantitative estimate of drug-likeness (QED) is 0.631. The normalized spacial score (nSPS) is 10.4. The Kier molecular flexibility index (Phi) is 3.57. The highest BCUT2D eigenvalue weighted by atomic mass is 35.5. The highest BCUT2D eigenvalue weighted by Gasteiger charge is 2.16.